The monoisotopic (exact) mass is 476 g/mol. The standard InChI is InChI=1S/C30H28N4O2/c35-30(26-21-29(28-14-6-7-16-31-28)33-27-13-5-4-12-25(26)27)32-17-19-34(22-24-11-8-20-36-24)18-15-23-9-2-1-3-10-23/h1-14,16,20-21H,15,17-19,22H2,(H,32,35). The van der Waals surface area contributed by atoms with Crippen molar-refractivity contribution in [1.82, 2.24) is 20.2 Å². The Morgan fingerprint density at radius 2 is 1.69 bits per heavy atom. The third-order valence-electron chi connectivity index (χ3n) is 6.12. The van der Waals surface area contributed by atoms with Crippen molar-refractivity contribution < 1.29 is 9.21 Å². The molecule has 0 aliphatic carbocycles. The molecule has 3 aromatic heterocycles. The molecule has 180 valence electrons. The van der Waals surface area contributed by atoms with Crippen LogP contribution in [0.2, 0.25) is 0 Å². The summed E-state index contributed by atoms with van der Waals surface area (Å²) in [7, 11) is 0. The second-order valence-electron chi connectivity index (χ2n) is 8.63. The number of nitrogens with zero attached hydrogens (tertiary/aromatic N) is 3. The number of para-hydroxylation sites is 1. The van der Waals surface area contributed by atoms with Gasteiger partial charge in [0.15, 0.2) is 0 Å². The van der Waals surface area contributed by atoms with Gasteiger partial charge < -0.3 is 9.73 Å². The largest absolute Gasteiger partial charge is 0.468 e. The SMILES string of the molecule is O=C(NCCN(CCc1ccccc1)Cc1ccco1)c1cc(-c2ccccn2)nc2ccccc12. The van der Waals surface area contributed by atoms with Crippen molar-refractivity contribution in [3.8, 4) is 11.4 Å². The fourth-order valence-corrected chi connectivity index (χ4v) is 4.26. The van der Waals surface area contributed by atoms with E-state index in [1.54, 1.807) is 12.5 Å². The number of hydrogen-bond donors (Lipinski definition) is 1. The van der Waals surface area contributed by atoms with Crippen LogP contribution in [0.1, 0.15) is 21.7 Å². The predicted molar refractivity (Wildman–Crippen MR) is 141 cm³/mol. The van der Waals surface area contributed by atoms with E-state index in [4.69, 9.17) is 9.40 Å². The van der Waals surface area contributed by atoms with Gasteiger partial charge in [0.05, 0.1) is 35.3 Å². The summed E-state index contributed by atoms with van der Waals surface area (Å²) in [5.74, 6) is 0.793. The van der Waals surface area contributed by atoms with Crippen LogP contribution in [0.15, 0.2) is 108 Å². The highest BCUT2D eigenvalue weighted by Crippen LogP contribution is 2.23. The first-order chi connectivity index (χ1) is 17.8. The molecule has 3 heterocycles. The van der Waals surface area contributed by atoms with E-state index in [1.807, 2.05) is 66.7 Å². The number of furan rings is 1. The van der Waals surface area contributed by atoms with Crippen LogP contribution in [0.25, 0.3) is 22.3 Å². The van der Waals surface area contributed by atoms with Gasteiger partial charge in [0.2, 0.25) is 0 Å². The molecule has 5 aromatic rings. The summed E-state index contributed by atoms with van der Waals surface area (Å²) in [6.45, 7) is 2.78. The molecular formula is C30H28N4O2. The van der Waals surface area contributed by atoms with Crippen molar-refractivity contribution in [3.63, 3.8) is 0 Å². The van der Waals surface area contributed by atoms with Gasteiger partial charge in [-0.05, 0) is 48.4 Å². The van der Waals surface area contributed by atoms with Crippen molar-refractivity contribution in [2.24, 2.45) is 0 Å². The Bertz CT molecular complexity index is 1400. The summed E-state index contributed by atoms with van der Waals surface area (Å²) in [6.07, 6.45) is 4.35. The summed E-state index contributed by atoms with van der Waals surface area (Å²) in [6, 6.07) is 29.5. The summed E-state index contributed by atoms with van der Waals surface area (Å²) in [5, 5.41) is 3.94. The van der Waals surface area contributed by atoms with Gasteiger partial charge in [-0.3, -0.25) is 14.7 Å². The van der Waals surface area contributed by atoms with Crippen molar-refractivity contribution in [1.29, 1.82) is 0 Å². The maximum absolute atomic E-state index is 13.3. The number of carbonyl (C=O) groups is 1. The van der Waals surface area contributed by atoms with Gasteiger partial charge in [-0.1, -0.05) is 54.6 Å². The number of benzene rings is 2. The van der Waals surface area contributed by atoms with Crippen LogP contribution in [-0.2, 0) is 13.0 Å². The minimum absolute atomic E-state index is 0.119. The lowest BCUT2D eigenvalue weighted by atomic mass is 10.1. The Kier molecular flexibility index (Phi) is 7.44. The number of aromatic nitrogens is 2. The molecule has 0 aliphatic rings. The summed E-state index contributed by atoms with van der Waals surface area (Å²) >= 11 is 0. The van der Waals surface area contributed by atoms with E-state index >= 15 is 0 Å². The average molecular weight is 477 g/mol. The second kappa shape index (κ2) is 11.4. The van der Waals surface area contributed by atoms with E-state index in [1.165, 1.54) is 5.56 Å². The number of hydrogen-bond acceptors (Lipinski definition) is 5. The molecule has 2 aromatic carbocycles. The Morgan fingerprint density at radius 3 is 2.50 bits per heavy atom. The minimum atomic E-state index is -0.119. The van der Waals surface area contributed by atoms with Crippen molar-refractivity contribution in [2.75, 3.05) is 19.6 Å². The maximum Gasteiger partial charge on any atom is 0.252 e. The normalized spacial score (nSPS) is 11.1. The number of fused-ring (bicyclic) bond motifs is 1. The predicted octanol–water partition coefficient (Wildman–Crippen LogP) is 5.36. The van der Waals surface area contributed by atoms with Crippen LogP contribution in [0, 0.1) is 0 Å². The molecule has 0 spiro atoms. The third-order valence-corrected chi connectivity index (χ3v) is 6.12. The first kappa shape index (κ1) is 23.5. The van der Waals surface area contributed by atoms with Crippen LogP contribution >= 0.6 is 0 Å². The molecule has 0 fully saturated rings. The Balaban J connectivity index is 1.29. The minimum Gasteiger partial charge on any atom is -0.468 e. The van der Waals surface area contributed by atoms with Gasteiger partial charge in [0.1, 0.15) is 5.76 Å². The van der Waals surface area contributed by atoms with Crippen molar-refractivity contribution >= 4 is 16.8 Å². The van der Waals surface area contributed by atoms with Crippen molar-refractivity contribution in [2.45, 2.75) is 13.0 Å². The highest BCUT2D eigenvalue weighted by Gasteiger charge is 2.15. The zero-order valence-corrected chi connectivity index (χ0v) is 20.0. The smallest absolute Gasteiger partial charge is 0.252 e. The second-order valence-corrected chi connectivity index (χ2v) is 8.63. The average Bonchev–Trinajstić information content (AvgIpc) is 3.45. The first-order valence-electron chi connectivity index (χ1n) is 12.1. The van der Waals surface area contributed by atoms with Crippen LogP contribution in [0.3, 0.4) is 0 Å². The number of carbonyl (C=O) groups excluding carboxylic acids is 1. The highest BCUT2D eigenvalue weighted by molar-refractivity contribution is 6.07. The van der Waals surface area contributed by atoms with Crippen LogP contribution in [-0.4, -0.2) is 40.4 Å². The van der Waals surface area contributed by atoms with Gasteiger partial charge >= 0.3 is 0 Å². The van der Waals surface area contributed by atoms with E-state index < -0.39 is 0 Å². The number of pyridine rings is 2. The molecule has 6 heteroatoms. The molecule has 0 bridgehead atoms. The fourth-order valence-electron chi connectivity index (χ4n) is 4.26. The highest BCUT2D eigenvalue weighted by atomic mass is 16.3. The molecule has 6 nitrogen and oxygen atoms in total. The molecule has 1 amide bonds. The van der Waals surface area contributed by atoms with Gasteiger partial charge in [0, 0.05) is 31.2 Å². The topological polar surface area (TPSA) is 71.3 Å². The molecule has 0 radical (unpaired) electrons. The van der Waals surface area contributed by atoms with E-state index in [0.717, 1.165) is 35.3 Å². The summed E-state index contributed by atoms with van der Waals surface area (Å²) < 4.78 is 5.57. The number of amides is 1. The van der Waals surface area contributed by atoms with E-state index in [9.17, 15) is 4.79 Å². The first-order valence-corrected chi connectivity index (χ1v) is 12.1. The Morgan fingerprint density at radius 1 is 0.861 bits per heavy atom. The van der Waals surface area contributed by atoms with E-state index in [0.29, 0.717) is 30.9 Å². The van der Waals surface area contributed by atoms with E-state index in [2.05, 4.69) is 39.5 Å². The van der Waals surface area contributed by atoms with Crippen LogP contribution < -0.4 is 5.32 Å². The zero-order valence-electron chi connectivity index (χ0n) is 20.0. The third kappa shape index (κ3) is 5.85. The zero-order chi connectivity index (χ0) is 24.6. The molecule has 1 N–H and O–H groups in total. The summed E-state index contributed by atoms with van der Waals surface area (Å²) in [5.41, 5.74) is 4.08. The summed E-state index contributed by atoms with van der Waals surface area (Å²) in [4.78, 5) is 24.8. The molecule has 0 unspecified atom stereocenters. The molecule has 0 saturated heterocycles. The van der Waals surface area contributed by atoms with Gasteiger partial charge in [0.25, 0.3) is 5.91 Å². The maximum atomic E-state index is 13.3. The molecule has 0 atom stereocenters. The van der Waals surface area contributed by atoms with Gasteiger partial charge in [-0.15, -0.1) is 0 Å². The molecule has 5 rings (SSSR count). The quantitative estimate of drug-likeness (QED) is 0.294. The Labute approximate surface area is 210 Å². The van der Waals surface area contributed by atoms with Gasteiger partial charge in [-0.2, -0.15) is 0 Å². The van der Waals surface area contributed by atoms with Gasteiger partial charge in [-0.25, -0.2) is 4.98 Å². The molecular weight excluding hydrogens is 448 g/mol. The van der Waals surface area contributed by atoms with Crippen LogP contribution in [0.4, 0.5) is 0 Å². The van der Waals surface area contributed by atoms with Crippen molar-refractivity contribution in [3.05, 3.63) is 120 Å². The Hall–Kier alpha value is -4.29. The molecule has 36 heavy (non-hydrogen) atoms. The fraction of sp³-hybridized carbons (Fsp3) is 0.167. The lowest BCUT2D eigenvalue weighted by Crippen LogP contribution is -2.35. The number of nitrogens with one attached hydrogen (secondary N) is 1. The molecule has 0 aliphatic heterocycles. The lowest BCUT2D eigenvalue weighted by molar-refractivity contribution is 0.0949. The number of rotatable bonds is 10. The van der Waals surface area contributed by atoms with Crippen LogP contribution in [0.5, 0.6) is 0 Å². The van der Waals surface area contributed by atoms with E-state index in [-0.39, 0.29) is 5.91 Å². The lowest BCUT2D eigenvalue weighted by Gasteiger charge is -2.21. The molecule has 0 saturated carbocycles.